The van der Waals surface area contributed by atoms with Crippen molar-refractivity contribution in [2.45, 2.75) is 20.3 Å². The van der Waals surface area contributed by atoms with E-state index in [4.69, 9.17) is 16.3 Å². The molecule has 0 bridgehead atoms. The average Bonchev–Trinajstić information content (AvgIpc) is 2.46. The molecule has 5 heteroatoms. The smallest absolute Gasteiger partial charge is 0.248 e. The molecule has 1 aromatic rings. The van der Waals surface area contributed by atoms with E-state index in [2.05, 4.69) is 4.98 Å². The molecule has 0 radical (unpaired) electrons. The molecule has 0 aliphatic carbocycles. The predicted octanol–water partition coefficient (Wildman–Crippen LogP) is 4.20. The number of ether oxygens (including phenoxy) is 1. The van der Waals surface area contributed by atoms with Gasteiger partial charge in [0.1, 0.15) is 6.61 Å². The largest absolute Gasteiger partial charge is 0.473 e. The minimum Gasteiger partial charge on any atom is -0.473 e. The van der Waals surface area contributed by atoms with Crippen LogP contribution in [0.2, 0.25) is 0 Å². The highest BCUT2D eigenvalue weighted by atomic mass is 35.5. The molecular weight excluding hydrogens is 294 g/mol. The van der Waals surface area contributed by atoms with Gasteiger partial charge in [0.2, 0.25) is 11.1 Å². The summed E-state index contributed by atoms with van der Waals surface area (Å²) < 4.78 is 5.65. The zero-order chi connectivity index (χ0) is 15.0. The third-order valence-corrected chi connectivity index (χ3v) is 3.89. The van der Waals surface area contributed by atoms with Crippen LogP contribution in [0.15, 0.2) is 46.5 Å². The summed E-state index contributed by atoms with van der Waals surface area (Å²) in [6.45, 7) is 4.11. The lowest BCUT2D eigenvalue weighted by molar-refractivity contribution is -0.108. The number of hydrogen-bond donors (Lipinski definition) is 0. The lowest BCUT2D eigenvalue weighted by Gasteiger charge is -2.14. The minimum atomic E-state index is -0.430. The first kappa shape index (κ1) is 16.8. The summed E-state index contributed by atoms with van der Waals surface area (Å²) in [4.78, 5) is 16.7. The van der Waals surface area contributed by atoms with E-state index in [1.54, 1.807) is 24.0 Å². The van der Waals surface area contributed by atoms with Crippen molar-refractivity contribution in [3.05, 3.63) is 46.5 Å². The molecule has 0 aromatic carbocycles. The van der Waals surface area contributed by atoms with Crippen molar-refractivity contribution in [1.29, 1.82) is 0 Å². The van der Waals surface area contributed by atoms with Gasteiger partial charge >= 0.3 is 0 Å². The Morgan fingerprint density at radius 1 is 1.45 bits per heavy atom. The van der Waals surface area contributed by atoms with Gasteiger partial charge in [0.15, 0.2) is 0 Å². The molecule has 108 valence electrons. The van der Waals surface area contributed by atoms with Gasteiger partial charge in [-0.25, -0.2) is 4.98 Å². The van der Waals surface area contributed by atoms with Crippen LogP contribution in [0, 0.1) is 0 Å². The number of hydrogen-bond acceptors (Lipinski definition) is 4. The zero-order valence-electron chi connectivity index (χ0n) is 11.9. The minimum absolute atomic E-state index is 0.277. The van der Waals surface area contributed by atoms with Gasteiger partial charge in [0, 0.05) is 28.3 Å². The summed E-state index contributed by atoms with van der Waals surface area (Å²) in [5.74, 6) is 0.527. The summed E-state index contributed by atoms with van der Waals surface area (Å²) in [6, 6.07) is 5.45. The number of pyridine rings is 1. The van der Waals surface area contributed by atoms with Crippen LogP contribution < -0.4 is 4.74 Å². The van der Waals surface area contributed by atoms with Crippen LogP contribution in [0.5, 0.6) is 5.88 Å². The van der Waals surface area contributed by atoms with E-state index in [0.717, 1.165) is 10.5 Å². The van der Waals surface area contributed by atoms with E-state index in [9.17, 15) is 4.79 Å². The molecule has 0 amide bonds. The first-order valence-electron chi connectivity index (χ1n) is 6.30. The number of halogens is 1. The molecule has 1 rings (SSSR count). The van der Waals surface area contributed by atoms with Crippen LogP contribution in [0.25, 0.3) is 0 Å². The molecular formula is C15H18ClNO2S. The highest BCUT2D eigenvalue weighted by Gasteiger charge is 2.15. The van der Waals surface area contributed by atoms with Gasteiger partial charge in [-0.05, 0) is 37.3 Å². The van der Waals surface area contributed by atoms with E-state index < -0.39 is 5.24 Å². The molecule has 1 heterocycles. The van der Waals surface area contributed by atoms with E-state index >= 15 is 0 Å². The Bertz CT molecular complexity index is 512. The maximum Gasteiger partial charge on any atom is 0.248 e. The Hall–Kier alpha value is -1.26. The summed E-state index contributed by atoms with van der Waals surface area (Å²) in [7, 11) is 0. The van der Waals surface area contributed by atoms with Crippen molar-refractivity contribution in [3.8, 4) is 5.88 Å². The van der Waals surface area contributed by atoms with Crippen LogP contribution in [-0.2, 0) is 4.79 Å². The van der Waals surface area contributed by atoms with Crippen LogP contribution in [0.3, 0.4) is 0 Å². The fourth-order valence-corrected chi connectivity index (χ4v) is 2.68. The second-order valence-corrected chi connectivity index (χ2v) is 5.09. The summed E-state index contributed by atoms with van der Waals surface area (Å²) in [5.41, 5.74) is 1.42. The molecule has 0 fully saturated rings. The van der Waals surface area contributed by atoms with Crippen LogP contribution in [-0.4, -0.2) is 23.1 Å². The van der Waals surface area contributed by atoms with Gasteiger partial charge in [-0.1, -0.05) is 19.1 Å². The van der Waals surface area contributed by atoms with Gasteiger partial charge in [-0.2, -0.15) is 0 Å². The molecule has 0 atom stereocenters. The molecule has 0 N–H and O–H groups in total. The molecule has 0 unspecified atom stereocenters. The van der Waals surface area contributed by atoms with Gasteiger partial charge in [0.05, 0.1) is 0 Å². The molecule has 0 saturated heterocycles. The Morgan fingerprint density at radius 2 is 2.20 bits per heavy atom. The summed E-state index contributed by atoms with van der Waals surface area (Å²) in [6.07, 6.45) is 6.15. The third-order valence-electron chi connectivity index (χ3n) is 2.74. The fraction of sp³-hybridized carbons (Fsp3) is 0.333. The van der Waals surface area contributed by atoms with Gasteiger partial charge < -0.3 is 4.74 Å². The number of aromatic nitrogens is 1. The van der Waals surface area contributed by atoms with Crippen molar-refractivity contribution >= 4 is 28.6 Å². The topological polar surface area (TPSA) is 39.2 Å². The van der Waals surface area contributed by atoms with Crippen LogP contribution in [0.1, 0.15) is 20.3 Å². The van der Waals surface area contributed by atoms with E-state index in [1.165, 1.54) is 0 Å². The number of nitrogens with zero attached hydrogens (tertiary/aromatic N) is 1. The molecule has 0 spiro atoms. The number of allylic oxidation sites excluding steroid dienone is 2. The zero-order valence-corrected chi connectivity index (χ0v) is 13.4. The second kappa shape index (κ2) is 8.82. The number of rotatable bonds is 7. The number of thioether (sulfide) groups is 1. The van der Waals surface area contributed by atoms with E-state index in [-0.39, 0.29) is 6.61 Å². The molecule has 0 saturated carbocycles. The Kier molecular flexibility index (Phi) is 7.41. The van der Waals surface area contributed by atoms with Crippen LogP contribution in [0.4, 0.5) is 0 Å². The first-order chi connectivity index (χ1) is 9.63. The lowest BCUT2D eigenvalue weighted by atomic mass is 10.1. The third kappa shape index (κ3) is 4.69. The Labute approximate surface area is 129 Å². The van der Waals surface area contributed by atoms with Crippen molar-refractivity contribution in [3.63, 3.8) is 0 Å². The fourth-order valence-electron chi connectivity index (χ4n) is 1.77. The number of carbonyl (C=O) groups is 1. The van der Waals surface area contributed by atoms with Gasteiger partial charge in [-0.15, -0.1) is 11.8 Å². The quantitative estimate of drug-likeness (QED) is 0.430. The molecule has 1 aromatic heterocycles. The van der Waals surface area contributed by atoms with Crippen molar-refractivity contribution in [2.24, 2.45) is 0 Å². The monoisotopic (exact) mass is 311 g/mol. The molecule has 0 aliphatic heterocycles. The summed E-state index contributed by atoms with van der Waals surface area (Å²) in [5, 5.41) is -0.430. The highest BCUT2D eigenvalue weighted by molar-refractivity contribution is 8.02. The standard InChI is InChI=1S/C15H18ClNO2S/c1-4-11(15(16)18)12(13(5-2)20-3)10-19-14-8-6-7-9-17-14/h5-9H,4,10H2,1-3H3/b12-11+,13-5+. The highest BCUT2D eigenvalue weighted by Crippen LogP contribution is 2.27. The summed E-state index contributed by atoms with van der Waals surface area (Å²) >= 11 is 7.24. The lowest BCUT2D eigenvalue weighted by Crippen LogP contribution is -2.09. The maximum atomic E-state index is 11.6. The Morgan fingerprint density at radius 3 is 2.65 bits per heavy atom. The first-order valence-corrected chi connectivity index (χ1v) is 7.90. The SMILES string of the molecule is C/C=C(SC)\C(COc1ccccn1)=C(/CC)C(=O)Cl. The van der Waals surface area contributed by atoms with Gasteiger partial charge in [0.25, 0.3) is 0 Å². The normalized spacial score (nSPS) is 12.9. The van der Waals surface area contributed by atoms with Crippen LogP contribution >= 0.6 is 23.4 Å². The molecule has 20 heavy (non-hydrogen) atoms. The second-order valence-electron chi connectivity index (χ2n) is 3.90. The Balaban J connectivity index is 3.03. The average molecular weight is 312 g/mol. The van der Waals surface area contributed by atoms with Crippen molar-refractivity contribution in [2.75, 3.05) is 12.9 Å². The predicted molar refractivity (Wildman–Crippen MR) is 85.2 cm³/mol. The van der Waals surface area contributed by atoms with Gasteiger partial charge in [-0.3, -0.25) is 4.79 Å². The van der Waals surface area contributed by atoms with Crippen molar-refractivity contribution < 1.29 is 9.53 Å². The number of carbonyl (C=O) groups excluding carboxylic acids is 1. The maximum absolute atomic E-state index is 11.6. The van der Waals surface area contributed by atoms with E-state index in [1.807, 2.05) is 38.3 Å². The molecule has 3 nitrogen and oxygen atoms in total. The molecule has 0 aliphatic rings. The van der Waals surface area contributed by atoms with Crippen molar-refractivity contribution in [1.82, 2.24) is 4.98 Å². The van der Waals surface area contributed by atoms with E-state index in [0.29, 0.717) is 17.9 Å².